The fraction of sp³-hybridized carbons (Fsp3) is 0.250. The van der Waals surface area contributed by atoms with Crippen LogP contribution in [0.15, 0.2) is 64.3 Å². The van der Waals surface area contributed by atoms with Crippen LogP contribution in [0, 0.1) is 0 Å². The van der Waals surface area contributed by atoms with Crippen LogP contribution in [0.1, 0.15) is 31.1 Å². The first-order valence-corrected chi connectivity index (χ1v) is 10.3. The van der Waals surface area contributed by atoms with Gasteiger partial charge in [-0.25, -0.2) is 4.79 Å². The number of anilines is 1. The van der Waals surface area contributed by atoms with E-state index >= 15 is 0 Å². The van der Waals surface area contributed by atoms with E-state index in [-0.39, 0.29) is 23.4 Å². The zero-order valence-electron chi connectivity index (χ0n) is 17.9. The normalized spacial score (nSPS) is 14.9. The van der Waals surface area contributed by atoms with E-state index < -0.39 is 0 Å². The first kappa shape index (κ1) is 19.2. The third-order valence-corrected chi connectivity index (χ3v) is 5.78. The Morgan fingerprint density at radius 2 is 1.68 bits per heavy atom. The molecule has 0 radical (unpaired) electrons. The van der Waals surface area contributed by atoms with E-state index in [4.69, 9.17) is 4.74 Å². The number of aryl methyl sites for hydroxylation is 1. The lowest BCUT2D eigenvalue weighted by Crippen LogP contribution is -2.37. The second kappa shape index (κ2) is 6.91. The van der Waals surface area contributed by atoms with Gasteiger partial charge in [0.05, 0.1) is 40.1 Å². The summed E-state index contributed by atoms with van der Waals surface area (Å²) in [6, 6.07) is 15.7. The Morgan fingerprint density at radius 3 is 2.39 bits per heavy atom. The summed E-state index contributed by atoms with van der Waals surface area (Å²) < 4.78 is 10.5. The Bertz CT molecular complexity index is 1420. The molecule has 3 heterocycles. The maximum Gasteiger partial charge on any atom is 0.331 e. The highest BCUT2D eigenvalue weighted by atomic mass is 16.5. The van der Waals surface area contributed by atoms with Crippen LogP contribution in [-0.4, -0.2) is 19.8 Å². The molecule has 0 aliphatic carbocycles. The summed E-state index contributed by atoms with van der Waals surface area (Å²) >= 11 is 0. The van der Waals surface area contributed by atoms with Gasteiger partial charge in [0.1, 0.15) is 5.75 Å². The SMILES string of the molecule is CC(C)Oc1ccc([C@H]2Nc3ccccc3-n3cc4c(=O)n(C)c(=O)n(C)c4c32)cc1. The van der Waals surface area contributed by atoms with Gasteiger partial charge in [0, 0.05) is 20.3 Å². The molecular weight excluding hydrogens is 392 g/mol. The van der Waals surface area contributed by atoms with Crippen LogP contribution in [-0.2, 0) is 14.1 Å². The number of para-hydroxylation sites is 2. The van der Waals surface area contributed by atoms with Crippen molar-refractivity contribution in [3.63, 3.8) is 0 Å². The minimum atomic E-state index is -0.343. The molecule has 1 N–H and O–H groups in total. The molecule has 0 saturated carbocycles. The van der Waals surface area contributed by atoms with Crippen LogP contribution in [0.2, 0.25) is 0 Å². The van der Waals surface area contributed by atoms with E-state index in [1.165, 1.54) is 7.05 Å². The van der Waals surface area contributed by atoms with Crippen molar-refractivity contribution >= 4 is 16.6 Å². The van der Waals surface area contributed by atoms with Crippen molar-refractivity contribution in [2.45, 2.75) is 26.0 Å². The topological polar surface area (TPSA) is 70.2 Å². The molecule has 2 aromatic heterocycles. The number of hydrogen-bond acceptors (Lipinski definition) is 4. The van der Waals surface area contributed by atoms with E-state index in [0.717, 1.165) is 32.9 Å². The number of benzene rings is 2. The van der Waals surface area contributed by atoms with Gasteiger partial charge in [-0.15, -0.1) is 0 Å². The predicted molar refractivity (Wildman–Crippen MR) is 121 cm³/mol. The standard InChI is InChI=1S/C24H24N4O3/c1-14(2)31-16-11-9-15(10-12-16)20-22-21-17(23(29)27(4)24(30)26(21)3)13-28(22)19-8-6-5-7-18(19)25-20/h5-14,20,25H,1-4H3/t20-/m1/s1. The number of fused-ring (bicyclic) bond motifs is 5. The van der Waals surface area contributed by atoms with Gasteiger partial charge < -0.3 is 14.6 Å². The lowest BCUT2D eigenvalue weighted by molar-refractivity contribution is 0.242. The fourth-order valence-electron chi connectivity index (χ4n) is 4.37. The van der Waals surface area contributed by atoms with Crippen LogP contribution < -0.4 is 21.3 Å². The summed E-state index contributed by atoms with van der Waals surface area (Å²) in [5.74, 6) is 0.802. The number of nitrogens with one attached hydrogen (secondary N) is 1. The van der Waals surface area contributed by atoms with Crippen LogP contribution in [0.4, 0.5) is 5.69 Å². The van der Waals surface area contributed by atoms with E-state index in [1.807, 2.05) is 73.1 Å². The summed E-state index contributed by atoms with van der Waals surface area (Å²) in [6.07, 6.45) is 1.94. The fourth-order valence-corrected chi connectivity index (χ4v) is 4.37. The molecular formula is C24H24N4O3. The zero-order valence-corrected chi connectivity index (χ0v) is 17.9. The van der Waals surface area contributed by atoms with E-state index in [9.17, 15) is 9.59 Å². The summed E-state index contributed by atoms with van der Waals surface area (Å²) in [5, 5.41) is 4.12. The van der Waals surface area contributed by atoms with Crippen LogP contribution in [0.3, 0.4) is 0 Å². The molecule has 0 fully saturated rings. The van der Waals surface area contributed by atoms with Crippen molar-refractivity contribution in [2.24, 2.45) is 14.1 Å². The van der Waals surface area contributed by atoms with Crippen molar-refractivity contribution < 1.29 is 4.74 Å². The Hall–Kier alpha value is -3.74. The van der Waals surface area contributed by atoms with Gasteiger partial charge in [0.2, 0.25) is 0 Å². The molecule has 0 bridgehead atoms. The first-order valence-electron chi connectivity index (χ1n) is 10.3. The number of ether oxygens (including phenoxy) is 1. The maximum absolute atomic E-state index is 12.9. The second-order valence-electron chi connectivity index (χ2n) is 8.18. The van der Waals surface area contributed by atoms with Crippen molar-refractivity contribution in [1.29, 1.82) is 0 Å². The highest BCUT2D eigenvalue weighted by Gasteiger charge is 2.30. The summed E-state index contributed by atoms with van der Waals surface area (Å²) in [5.41, 5.74) is 3.79. The Labute approximate surface area is 179 Å². The minimum Gasteiger partial charge on any atom is -0.491 e. The third-order valence-electron chi connectivity index (χ3n) is 5.78. The highest BCUT2D eigenvalue weighted by Crippen LogP contribution is 2.40. The summed E-state index contributed by atoms with van der Waals surface area (Å²) in [7, 11) is 3.22. The second-order valence-corrected chi connectivity index (χ2v) is 8.18. The smallest absolute Gasteiger partial charge is 0.331 e. The van der Waals surface area contributed by atoms with Gasteiger partial charge in [-0.3, -0.25) is 13.9 Å². The van der Waals surface area contributed by atoms with Gasteiger partial charge >= 0.3 is 5.69 Å². The molecule has 0 amide bonds. The zero-order chi connectivity index (χ0) is 21.9. The molecule has 0 unspecified atom stereocenters. The number of rotatable bonds is 3. The molecule has 1 aliphatic heterocycles. The number of aromatic nitrogens is 3. The Morgan fingerprint density at radius 1 is 0.968 bits per heavy atom. The molecule has 0 spiro atoms. The molecule has 7 nitrogen and oxygen atoms in total. The van der Waals surface area contributed by atoms with Crippen molar-refractivity contribution in [2.75, 3.05) is 5.32 Å². The monoisotopic (exact) mass is 416 g/mol. The average Bonchev–Trinajstić information content (AvgIpc) is 3.17. The maximum atomic E-state index is 12.9. The van der Waals surface area contributed by atoms with E-state index in [2.05, 4.69) is 5.32 Å². The molecule has 1 atom stereocenters. The predicted octanol–water partition coefficient (Wildman–Crippen LogP) is 3.33. The average molecular weight is 416 g/mol. The van der Waals surface area contributed by atoms with Crippen molar-refractivity contribution in [1.82, 2.24) is 13.7 Å². The molecule has 1 aliphatic rings. The van der Waals surface area contributed by atoms with Crippen LogP contribution >= 0.6 is 0 Å². The van der Waals surface area contributed by atoms with E-state index in [0.29, 0.717) is 10.9 Å². The summed E-state index contributed by atoms with van der Waals surface area (Å²) in [4.78, 5) is 25.6. The van der Waals surface area contributed by atoms with Crippen LogP contribution in [0.5, 0.6) is 5.75 Å². The molecule has 0 saturated heterocycles. The van der Waals surface area contributed by atoms with Crippen LogP contribution in [0.25, 0.3) is 16.6 Å². The van der Waals surface area contributed by atoms with Gasteiger partial charge in [-0.2, -0.15) is 0 Å². The third kappa shape index (κ3) is 2.88. The number of hydrogen-bond donors (Lipinski definition) is 1. The number of nitrogens with zero attached hydrogens (tertiary/aromatic N) is 3. The van der Waals surface area contributed by atoms with Gasteiger partial charge in [0.25, 0.3) is 5.56 Å². The van der Waals surface area contributed by atoms with Gasteiger partial charge in [0.15, 0.2) is 0 Å². The highest BCUT2D eigenvalue weighted by molar-refractivity contribution is 5.86. The lowest BCUT2D eigenvalue weighted by Gasteiger charge is -2.30. The van der Waals surface area contributed by atoms with Gasteiger partial charge in [-0.1, -0.05) is 24.3 Å². The molecule has 2 aromatic carbocycles. The van der Waals surface area contributed by atoms with Crippen molar-refractivity contribution in [3.05, 3.63) is 86.8 Å². The van der Waals surface area contributed by atoms with E-state index in [1.54, 1.807) is 11.6 Å². The molecule has 158 valence electrons. The van der Waals surface area contributed by atoms with Crippen molar-refractivity contribution in [3.8, 4) is 11.4 Å². The summed E-state index contributed by atoms with van der Waals surface area (Å²) in [6.45, 7) is 3.99. The first-order chi connectivity index (χ1) is 14.9. The van der Waals surface area contributed by atoms with Gasteiger partial charge in [-0.05, 0) is 43.7 Å². The molecule has 31 heavy (non-hydrogen) atoms. The molecule has 7 heteroatoms. The minimum absolute atomic E-state index is 0.0949. The Balaban J connectivity index is 1.79. The molecule has 5 rings (SSSR count). The Kier molecular flexibility index (Phi) is 4.28. The quantitative estimate of drug-likeness (QED) is 0.556. The molecule has 4 aromatic rings. The lowest BCUT2D eigenvalue weighted by atomic mass is 9.99. The largest absolute Gasteiger partial charge is 0.491 e.